The van der Waals surface area contributed by atoms with Crippen LogP contribution in [-0.4, -0.2) is 35.7 Å². The number of hydrogen-bond donors (Lipinski definition) is 3. The maximum atomic E-state index is 12.1. The summed E-state index contributed by atoms with van der Waals surface area (Å²) in [6.45, 7) is 4.45. The molecule has 0 atom stereocenters. The number of esters is 1. The Bertz CT molecular complexity index is 1040. The fourth-order valence-corrected chi connectivity index (χ4v) is 3.81. The molecule has 0 aromatic heterocycles. The highest BCUT2D eigenvalue weighted by atomic mass is 16.5. The van der Waals surface area contributed by atoms with E-state index in [0.29, 0.717) is 49.1 Å². The van der Waals surface area contributed by atoms with Crippen molar-refractivity contribution >= 4 is 11.9 Å². The third-order valence-corrected chi connectivity index (χ3v) is 5.72. The summed E-state index contributed by atoms with van der Waals surface area (Å²) >= 11 is 0. The van der Waals surface area contributed by atoms with E-state index in [1.54, 1.807) is 12.1 Å². The van der Waals surface area contributed by atoms with Crippen LogP contribution in [0.1, 0.15) is 52.4 Å². The van der Waals surface area contributed by atoms with E-state index in [1.165, 1.54) is 7.11 Å². The van der Waals surface area contributed by atoms with Crippen molar-refractivity contribution < 1.29 is 29.3 Å². The molecule has 3 N–H and O–H groups in total. The molecular weight excluding hydrogens is 410 g/mol. The number of phenolic OH excluding ortho intramolecular Hbond substituents is 2. The van der Waals surface area contributed by atoms with Gasteiger partial charge in [0, 0.05) is 24.1 Å². The second kappa shape index (κ2) is 10.2. The third-order valence-electron chi connectivity index (χ3n) is 5.72. The molecule has 0 saturated carbocycles. The molecule has 2 aromatic carbocycles. The molecule has 0 bridgehead atoms. The Morgan fingerprint density at radius 3 is 2.62 bits per heavy atom. The normalized spacial score (nSPS) is 13.0. The van der Waals surface area contributed by atoms with Crippen molar-refractivity contribution in [3.8, 4) is 17.2 Å². The van der Waals surface area contributed by atoms with Crippen LogP contribution in [0.5, 0.6) is 17.2 Å². The Labute approximate surface area is 187 Å². The summed E-state index contributed by atoms with van der Waals surface area (Å²) in [6.07, 6.45) is 3.95. The van der Waals surface area contributed by atoms with Gasteiger partial charge in [0.2, 0.25) is 5.91 Å². The zero-order valence-electron chi connectivity index (χ0n) is 18.7. The molecule has 0 aliphatic carbocycles. The summed E-state index contributed by atoms with van der Waals surface area (Å²) in [5.41, 5.74) is 4.26. The van der Waals surface area contributed by atoms with Gasteiger partial charge < -0.3 is 25.0 Å². The summed E-state index contributed by atoms with van der Waals surface area (Å²) in [5.74, 6) is 0.125. The Kier molecular flexibility index (Phi) is 7.41. The lowest BCUT2D eigenvalue weighted by molar-refractivity contribution is -0.121. The summed E-state index contributed by atoms with van der Waals surface area (Å²) in [6, 6.07) is 6.92. The predicted octanol–water partition coefficient (Wildman–Crippen LogP) is 3.71. The van der Waals surface area contributed by atoms with E-state index in [2.05, 4.69) is 5.32 Å². The van der Waals surface area contributed by atoms with Crippen molar-refractivity contribution in [3.63, 3.8) is 0 Å². The van der Waals surface area contributed by atoms with Crippen LogP contribution in [0.25, 0.3) is 0 Å². The Morgan fingerprint density at radius 1 is 1.22 bits per heavy atom. The van der Waals surface area contributed by atoms with Crippen LogP contribution in [-0.2, 0) is 29.0 Å². The number of fused-ring (bicyclic) bond motifs is 1. The lowest BCUT2D eigenvalue weighted by Gasteiger charge is -2.15. The molecule has 0 spiro atoms. The van der Waals surface area contributed by atoms with Crippen LogP contribution in [0, 0.1) is 6.92 Å². The standard InChI is InChI=1S/C25H29NO6/c1-15(5-11-21(28)26-13-12-17-6-8-18(27)9-7-17)4-10-19-23(29)22-20(14-32-25(22)30)16(2)24(19)31-3/h4,6-9,27,29H,5,10-14H2,1-3H3,(H,26,28)/b15-4+. The van der Waals surface area contributed by atoms with Crippen molar-refractivity contribution in [1.82, 2.24) is 5.32 Å². The number of rotatable bonds is 9. The van der Waals surface area contributed by atoms with E-state index in [0.717, 1.165) is 16.7 Å². The molecule has 32 heavy (non-hydrogen) atoms. The first kappa shape index (κ1) is 23.2. The van der Waals surface area contributed by atoms with Crippen LogP contribution in [0.2, 0.25) is 0 Å². The summed E-state index contributed by atoms with van der Waals surface area (Å²) in [4.78, 5) is 24.1. The average molecular weight is 440 g/mol. The molecule has 1 heterocycles. The predicted molar refractivity (Wildman–Crippen MR) is 120 cm³/mol. The molecule has 0 saturated heterocycles. The van der Waals surface area contributed by atoms with Gasteiger partial charge in [-0.05, 0) is 56.4 Å². The van der Waals surface area contributed by atoms with E-state index in [4.69, 9.17) is 9.47 Å². The minimum atomic E-state index is -0.519. The molecule has 1 amide bonds. The number of amides is 1. The molecule has 7 heteroatoms. The van der Waals surface area contributed by atoms with Gasteiger partial charge in [0.1, 0.15) is 29.4 Å². The van der Waals surface area contributed by atoms with Crippen LogP contribution in [0.3, 0.4) is 0 Å². The summed E-state index contributed by atoms with van der Waals surface area (Å²) in [7, 11) is 1.54. The summed E-state index contributed by atoms with van der Waals surface area (Å²) in [5, 5.41) is 22.9. The summed E-state index contributed by atoms with van der Waals surface area (Å²) < 4.78 is 10.6. The van der Waals surface area contributed by atoms with Crippen molar-refractivity contribution in [1.29, 1.82) is 0 Å². The number of methoxy groups -OCH3 is 1. The van der Waals surface area contributed by atoms with Gasteiger partial charge in [0.05, 0.1) is 7.11 Å². The van der Waals surface area contributed by atoms with Gasteiger partial charge in [-0.2, -0.15) is 0 Å². The smallest absolute Gasteiger partial charge is 0.342 e. The highest BCUT2D eigenvalue weighted by Gasteiger charge is 2.31. The molecule has 0 fully saturated rings. The van der Waals surface area contributed by atoms with E-state index in [9.17, 15) is 19.8 Å². The average Bonchev–Trinajstić information content (AvgIpc) is 3.17. The van der Waals surface area contributed by atoms with E-state index >= 15 is 0 Å². The second-order valence-electron chi connectivity index (χ2n) is 7.94. The van der Waals surface area contributed by atoms with Gasteiger partial charge >= 0.3 is 5.97 Å². The van der Waals surface area contributed by atoms with Gasteiger partial charge in [-0.25, -0.2) is 4.79 Å². The topological polar surface area (TPSA) is 105 Å². The van der Waals surface area contributed by atoms with Crippen LogP contribution >= 0.6 is 0 Å². The number of carbonyl (C=O) groups excluding carboxylic acids is 2. The Balaban J connectivity index is 1.55. The van der Waals surface area contributed by atoms with Crippen molar-refractivity contribution in [2.24, 2.45) is 0 Å². The van der Waals surface area contributed by atoms with Crippen molar-refractivity contribution in [3.05, 3.63) is 63.7 Å². The molecule has 1 aliphatic rings. The van der Waals surface area contributed by atoms with Crippen molar-refractivity contribution in [2.45, 2.75) is 46.1 Å². The number of cyclic esters (lactones) is 1. The Hall–Kier alpha value is -3.48. The van der Waals surface area contributed by atoms with E-state index in [-0.39, 0.29) is 29.6 Å². The fourth-order valence-electron chi connectivity index (χ4n) is 3.81. The van der Waals surface area contributed by atoms with Crippen molar-refractivity contribution in [2.75, 3.05) is 13.7 Å². The number of ether oxygens (including phenoxy) is 2. The first-order chi connectivity index (χ1) is 15.3. The number of allylic oxidation sites excluding steroid dienone is 2. The molecule has 170 valence electrons. The highest BCUT2D eigenvalue weighted by Crippen LogP contribution is 2.42. The maximum absolute atomic E-state index is 12.1. The van der Waals surface area contributed by atoms with E-state index < -0.39 is 5.97 Å². The van der Waals surface area contributed by atoms with Gasteiger partial charge in [0.25, 0.3) is 0 Å². The molecule has 1 aliphatic heterocycles. The number of benzene rings is 2. The zero-order valence-corrected chi connectivity index (χ0v) is 18.7. The lowest BCUT2D eigenvalue weighted by atomic mass is 9.94. The van der Waals surface area contributed by atoms with E-state index in [1.807, 2.05) is 32.1 Å². The van der Waals surface area contributed by atoms with Gasteiger partial charge in [-0.1, -0.05) is 23.8 Å². The number of nitrogens with one attached hydrogen (secondary N) is 1. The SMILES string of the molecule is COc1c(C)c2c(c(O)c1C/C=C(\C)CCC(=O)NCCc1ccc(O)cc1)C(=O)OC2. The minimum absolute atomic E-state index is 0.0342. The number of carbonyl (C=O) groups is 2. The van der Waals surface area contributed by atoms with Gasteiger partial charge in [-0.15, -0.1) is 0 Å². The second-order valence-corrected chi connectivity index (χ2v) is 7.94. The molecule has 0 radical (unpaired) electrons. The maximum Gasteiger partial charge on any atom is 0.342 e. The minimum Gasteiger partial charge on any atom is -0.508 e. The molecule has 3 rings (SSSR count). The third kappa shape index (κ3) is 5.22. The molecule has 0 unspecified atom stereocenters. The molecular formula is C25H29NO6. The fraction of sp³-hybridized carbons (Fsp3) is 0.360. The monoisotopic (exact) mass is 439 g/mol. The lowest BCUT2D eigenvalue weighted by Crippen LogP contribution is -2.25. The molecule has 7 nitrogen and oxygen atoms in total. The molecule has 2 aromatic rings. The number of aromatic hydroxyl groups is 2. The number of phenols is 2. The quantitative estimate of drug-likeness (QED) is 0.406. The van der Waals surface area contributed by atoms with Crippen LogP contribution in [0.15, 0.2) is 35.9 Å². The largest absolute Gasteiger partial charge is 0.508 e. The first-order valence-electron chi connectivity index (χ1n) is 10.6. The zero-order chi connectivity index (χ0) is 23.3. The number of hydrogen-bond acceptors (Lipinski definition) is 6. The van der Waals surface area contributed by atoms with Gasteiger partial charge in [0.15, 0.2) is 0 Å². The van der Waals surface area contributed by atoms with Crippen LogP contribution in [0.4, 0.5) is 0 Å². The first-order valence-corrected chi connectivity index (χ1v) is 10.6. The van der Waals surface area contributed by atoms with Gasteiger partial charge in [-0.3, -0.25) is 4.79 Å². The Morgan fingerprint density at radius 2 is 1.94 bits per heavy atom. The highest BCUT2D eigenvalue weighted by molar-refractivity contribution is 5.98. The van der Waals surface area contributed by atoms with Crippen LogP contribution < -0.4 is 10.1 Å².